The minimum atomic E-state index is -0.639. The molecule has 1 unspecified atom stereocenters. The molecule has 0 aromatic carbocycles. The largest absolute Gasteiger partial charge is 0.379 e. The SMILES string of the molecule is C[C@H]1CC=CC[C@H]1C(N)O. The van der Waals surface area contributed by atoms with E-state index in [1.807, 2.05) is 0 Å². The van der Waals surface area contributed by atoms with Gasteiger partial charge in [-0.05, 0) is 18.8 Å². The van der Waals surface area contributed by atoms with E-state index >= 15 is 0 Å². The van der Waals surface area contributed by atoms with Crippen LogP contribution in [0.2, 0.25) is 0 Å². The van der Waals surface area contributed by atoms with E-state index in [-0.39, 0.29) is 5.92 Å². The number of aliphatic hydroxyl groups excluding tert-OH is 1. The van der Waals surface area contributed by atoms with Crippen LogP contribution >= 0.6 is 0 Å². The van der Waals surface area contributed by atoms with Crippen LogP contribution in [-0.4, -0.2) is 11.3 Å². The van der Waals surface area contributed by atoms with Crippen LogP contribution in [0.3, 0.4) is 0 Å². The lowest BCUT2D eigenvalue weighted by molar-refractivity contribution is 0.0813. The molecule has 1 rings (SSSR count). The fraction of sp³-hybridized carbons (Fsp3) is 0.750. The van der Waals surface area contributed by atoms with E-state index in [2.05, 4.69) is 19.1 Å². The van der Waals surface area contributed by atoms with Crippen molar-refractivity contribution < 1.29 is 5.11 Å². The summed E-state index contributed by atoms with van der Waals surface area (Å²) < 4.78 is 0. The average molecular weight is 141 g/mol. The lowest BCUT2D eigenvalue weighted by Gasteiger charge is -2.27. The number of hydrogen-bond donors (Lipinski definition) is 2. The van der Waals surface area contributed by atoms with Crippen molar-refractivity contribution in [3.8, 4) is 0 Å². The Morgan fingerprint density at radius 3 is 2.50 bits per heavy atom. The minimum absolute atomic E-state index is 0.269. The third-order valence-electron chi connectivity index (χ3n) is 2.25. The summed E-state index contributed by atoms with van der Waals surface area (Å²) in [5.41, 5.74) is 5.38. The number of allylic oxidation sites excluding steroid dienone is 2. The van der Waals surface area contributed by atoms with Crippen molar-refractivity contribution in [2.45, 2.75) is 26.0 Å². The van der Waals surface area contributed by atoms with Crippen molar-refractivity contribution in [3.63, 3.8) is 0 Å². The molecule has 0 saturated heterocycles. The molecule has 0 fully saturated rings. The highest BCUT2D eigenvalue weighted by molar-refractivity contribution is 4.94. The van der Waals surface area contributed by atoms with Crippen LogP contribution in [0.4, 0.5) is 0 Å². The second-order valence-electron chi connectivity index (χ2n) is 3.07. The van der Waals surface area contributed by atoms with Gasteiger partial charge in [0.25, 0.3) is 0 Å². The molecule has 0 saturated carbocycles. The summed E-state index contributed by atoms with van der Waals surface area (Å²) in [6, 6.07) is 0. The first-order chi connectivity index (χ1) is 4.72. The summed E-state index contributed by atoms with van der Waals surface area (Å²) in [5.74, 6) is 0.801. The number of rotatable bonds is 1. The van der Waals surface area contributed by atoms with Gasteiger partial charge in [-0.3, -0.25) is 0 Å². The molecule has 3 N–H and O–H groups in total. The maximum Gasteiger partial charge on any atom is 0.105 e. The number of aliphatic hydroxyl groups is 1. The van der Waals surface area contributed by atoms with Crippen molar-refractivity contribution in [2.75, 3.05) is 0 Å². The Bertz CT molecular complexity index is 131. The van der Waals surface area contributed by atoms with Crippen LogP contribution in [0.15, 0.2) is 12.2 Å². The zero-order chi connectivity index (χ0) is 7.56. The molecule has 1 aliphatic carbocycles. The molecule has 0 bridgehead atoms. The van der Waals surface area contributed by atoms with Gasteiger partial charge in [-0.25, -0.2) is 0 Å². The Morgan fingerprint density at radius 1 is 1.50 bits per heavy atom. The molecule has 0 aromatic heterocycles. The van der Waals surface area contributed by atoms with E-state index < -0.39 is 6.23 Å². The molecule has 3 atom stereocenters. The standard InChI is InChI=1S/C8H15NO/c1-6-4-2-3-5-7(6)8(9)10/h2-3,6-8,10H,4-5,9H2,1H3/t6-,7+,8?/m0/s1. The van der Waals surface area contributed by atoms with Gasteiger partial charge in [0.1, 0.15) is 6.23 Å². The van der Waals surface area contributed by atoms with E-state index in [4.69, 9.17) is 10.8 Å². The highest BCUT2D eigenvalue weighted by atomic mass is 16.3. The van der Waals surface area contributed by atoms with Gasteiger partial charge in [-0.1, -0.05) is 19.1 Å². The average Bonchev–Trinajstić information content (AvgIpc) is 1.88. The molecule has 10 heavy (non-hydrogen) atoms. The monoisotopic (exact) mass is 141 g/mol. The van der Waals surface area contributed by atoms with Gasteiger partial charge in [0.15, 0.2) is 0 Å². The Morgan fingerprint density at radius 2 is 2.10 bits per heavy atom. The lowest BCUT2D eigenvalue weighted by atomic mass is 9.83. The fourth-order valence-corrected chi connectivity index (χ4v) is 1.45. The summed E-state index contributed by atoms with van der Waals surface area (Å²) in [5, 5.41) is 9.09. The molecule has 0 aliphatic heterocycles. The van der Waals surface area contributed by atoms with Gasteiger partial charge >= 0.3 is 0 Å². The van der Waals surface area contributed by atoms with Gasteiger partial charge in [-0.2, -0.15) is 0 Å². The van der Waals surface area contributed by atoms with Gasteiger partial charge in [-0.15, -0.1) is 0 Å². The second kappa shape index (κ2) is 3.17. The fourth-order valence-electron chi connectivity index (χ4n) is 1.45. The molecule has 58 valence electrons. The summed E-state index contributed by atoms with van der Waals surface area (Å²) in [7, 11) is 0. The number of hydrogen-bond acceptors (Lipinski definition) is 2. The predicted octanol–water partition coefficient (Wildman–Crippen LogP) is 0.866. The van der Waals surface area contributed by atoms with Crippen molar-refractivity contribution in [1.29, 1.82) is 0 Å². The summed E-state index contributed by atoms with van der Waals surface area (Å²) in [4.78, 5) is 0. The van der Waals surface area contributed by atoms with E-state index in [1.54, 1.807) is 0 Å². The van der Waals surface area contributed by atoms with Crippen LogP contribution < -0.4 is 5.73 Å². The quantitative estimate of drug-likeness (QED) is 0.420. The molecular formula is C8H15NO. The van der Waals surface area contributed by atoms with Crippen LogP contribution in [0.25, 0.3) is 0 Å². The van der Waals surface area contributed by atoms with E-state index in [0.717, 1.165) is 12.8 Å². The molecule has 0 spiro atoms. The third kappa shape index (κ3) is 1.58. The van der Waals surface area contributed by atoms with Crippen LogP contribution in [0.1, 0.15) is 19.8 Å². The van der Waals surface area contributed by atoms with Gasteiger partial charge in [0.05, 0.1) is 0 Å². The van der Waals surface area contributed by atoms with E-state index in [1.165, 1.54) is 0 Å². The molecule has 2 nitrogen and oxygen atoms in total. The normalized spacial score (nSPS) is 35.9. The molecule has 0 amide bonds. The van der Waals surface area contributed by atoms with Crippen molar-refractivity contribution >= 4 is 0 Å². The molecular weight excluding hydrogens is 126 g/mol. The lowest BCUT2D eigenvalue weighted by Crippen LogP contribution is -2.34. The highest BCUT2D eigenvalue weighted by Crippen LogP contribution is 2.25. The molecule has 0 radical (unpaired) electrons. The summed E-state index contributed by atoms with van der Waals surface area (Å²) >= 11 is 0. The van der Waals surface area contributed by atoms with E-state index in [9.17, 15) is 0 Å². The molecule has 2 heteroatoms. The van der Waals surface area contributed by atoms with E-state index in [0.29, 0.717) is 5.92 Å². The highest BCUT2D eigenvalue weighted by Gasteiger charge is 2.22. The van der Waals surface area contributed by atoms with Crippen LogP contribution in [0, 0.1) is 11.8 Å². The zero-order valence-corrected chi connectivity index (χ0v) is 6.33. The maximum absolute atomic E-state index is 9.09. The third-order valence-corrected chi connectivity index (χ3v) is 2.25. The topological polar surface area (TPSA) is 46.2 Å². The first kappa shape index (κ1) is 7.76. The van der Waals surface area contributed by atoms with Crippen molar-refractivity contribution in [3.05, 3.63) is 12.2 Å². The number of nitrogens with two attached hydrogens (primary N) is 1. The van der Waals surface area contributed by atoms with Crippen LogP contribution in [0.5, 0.6) is 0 Å². The van der Waals surface area contributed by atoms with Crippen molar-refractivity contribution in [1.82, 2.24) is 0 Å². The maximum atomic E-state index is 9.09. The van der Waals surface area contributed by atoms with Gasteiger partial charge in [0, 0.05) is 5.92 Å². The smallest absolute Gasteiger partial charge is 0.105 e. The van der Waals surface area contributed by atoms with Gasteiger partial charge in [0.2, 0.25) is 0 Å². The minimum Gasteiger partial charge on any atom is -0.379 e. The van der Waals surface area contributed by atoms with Crippen LogP contribution in [-0.2, 0) is 0 Å². The predicted molar refractivity (Wildman–Crippen MR) is 41.2 cm³/mol. The zero-order valence-electron chi connectivity index (χ0n) is 6.33. The first-order valence-corrected chi connectivity index (χ1v) is 3.80. The summed E-state index contributed by atoms with van der Waals surface area (Å²) in [6.07, 6.45) is 5.60. The molecule has 1 aliphatic rings. The summed E-state index contributed by atoms with van der Waals surface area (Å²) in [6.45, 7) is 2.13. The second-order valence-corrected chi connectivity index (χ2v) is 3.07. The Labute approximate surface area is 61.7 Å². The first-order valence-electron chi connectivity index (χ1n) is 3.80. The molecule has 0 heterocycles. The molecule has 0 aromatic rings. The Balaban J connectivity index is 2.51. The van der Waals surface area contributed by atoms with Gasteiger partial charge < -0.3 is 10.8 Å². The Hall–Kier alpha value is -0.340. The Kier molecular flexibility index (Phi) is 2.46. The van der Waals surface area contributed by atoms with Crippen molar-refractivity contribution in [2.24, 2.45) is 17.6 Å².